The van der Waals surface area contributed by atoms with Crippen molar-refractivity contribution in [2.75, 3.05) is 13.2 Å². The molecule has 2 nitrogen and oxygen atoms in total. The second-order valence-electron chi connectivity index (χ2n) is 5.12. The van der Waals surface area contributed by atoms with Crippen LogP contribution in [0.1, 0.15) is 47.5 Å². The van der Waals surface area contributed by atoms with Gasteiger partial charge in [-0.3, -0.25) is 0 Å². The van der Waals surface area contributed by atoms with Gasteiger partial charge >= 0.3 is 0 Å². The van der Waals surface area contributed by atoms with Gasteiger partial charge in [-0.25, -0.2) is 0 Å². The van der Waals surface area contributed by atoms with Crippen molar-refractivity contribution < 1.29 is 9.84 Å². The third kappa shape index (κ3) is 5.61. The van der Waals surface area contributed by atoms with E-state index in [1.54, 1.807) is 0 Å². The van der Waals surface area contributed by atoms with Gasteiger partial charge in [0.2, 0.25) is 0 Å². The van der Waals surface area contributed by atoms with Gasteiger partial charge in [0.25, 0.3) is 0 Å². The van der Waals surface area contributed by atoms with Crippen molar-refractivity contribution in [3.8, 4) is 0 Å². The van der Waals surface area contributed by atoms with E-state index >= 15 is 0 Å². The predicted molar refractivity (Wildman–Crippen MR) is 60.4 cm³/mol. The van der Waals surface area contributed by atoms with Crippen LogP contribution in [0, 0.1) is 11.3 Å². The van der Waals surface area contributed by atoms with Crippen molar-refractivity contribution in [1.82, 2.24) is 0 Å². The molecule has 0 heterocycles. The number of hydrogen-bond donors (Lipinski definition) is 1. The van der Waals surface area contributed by atoms with Crippen LogP contribution in [-0.4, -0.2) is 24.4 Å². The molecule has 0 aliphatic heterocycles. The first kappa shape index (κ1) is 13.9. The molecule has 0 aromatic rings. The second-order valence-corrected chi connectivity index (χ2v) is 5.12. The molecule has 0 aromatic heterocycles. The molecule has 0 fully saturated rings. The summed E-state index contributed by atoms with van der Waals surface area (Å²) in [7, 11) is 0. The number of aliphatic hydroxyl groups is 1. The van der Waals surface area contributed by atoms with E-state index in [2.05, 4.69) is 34.6 Å². The van der Waals surface area contributed by atoms with Crippen molar-refractivity contribution in [3.63, 3.8) is 0 Å². The fourth-order valence-corrected chi connectivity index (χ4v) is 0.975. The van der Waals surface area contributed by atoms with Gasteiger partial charge in [0.1, 0.15) is 0 Å². The first-order valence-corrected chi connectivity index (χ1v) is 5.66. The Hall–Kier alpha value is -0.0800. The lowest BCUT2D eigenvalue weighted by Crippen LogP contribution is -2.33. The van der Waals surface area contributed by atoms with E-state index in [9.17, 15) is 5.11 Å². The van der Waals surface area contributed by atoms with Crippen molar-refractivity contribution in [3.05, 3.63) is 0 Å². The van der Waals surface area contributed by atoms with Gasteiger partial charge in [0.15, 0.2) is 0 Å². The van der Waals surface area contributed by atoms with Gasteiger partial charge in [0, 0.05) is 6.61 Å². The van der Waals surface area contributed by atoms with Crippen molar-refractivity contribution in [2.45, 2.75) is 53.6 Å². The van der Waals surface area contributed by atoms with Crippen LogP contribution < -0.4 is 0 Å². The Morgan fingerprint density at radius 1 is 1.29 bits per heavy atom. The molecule has 0 saturated heterocycles. The smallest absolute Gasteiger partial charge is 0.0824 e. The molecule has 2 heteroatoms. The maximum absolute atomic E-state index is 9.82. The zero-order valence-corrected chi connectivity index (χ0v) is 10.3. The molecule has 0 amide bonds. The fourth-order valence-electron chi connectivity index (χ4n) is 0.975. The van der Waals surface area contributed by atoms with Gasteiger partial charge in [-0.1, -0.05) is 34.6 Å². The Balaban J connectivity index is 3.59. The van der Waals surface area contributed by atoms with E-state index in [0.717, 1.165) is 19.4 Å². The Morgan fingerprint density at radius 2 is 1.86 bits per heavy atom. The van der Waals surface area contributed by atoms with E-state index in [-0.39, 0.29) is 11.5 Å². The quantitative estimate of drug-likeness (QED) is 0.643. The lowest BCUT2D eigenvalue weighted by atomic mass is 9.84. The van der Waals surface area contributed by atoms with Gasteiger partial charge in [-0.2, -0.15) is 0 Å². The predicted octanol–water partition coefficient (Wildman–Crippen LogP) is 2.85. The Bertz CT molecular complexity index is 141. The maximum atomic E-state index is 9.82. The fraction of sp³-hybridized carbons (Fsp3) is 1.00. The van der Waals surface area contributed by atoms with Gasteiger partial charge in [-0.15, -0.1) is 0 Å². The molecule has 0 spiro atoms. The summed E-state index contributed by atoms with van der Waals surface area (Å²) < 4.78 is 5.44. The summed E-state index contributed by atoms with van der Waals surface area (Å²) in [6.45, 7) is 11.8. The topological polar surface area (TPSA) is 29.5 Å². The minimum absolute atomic E-state index is 0.0299. The highest BCUT2D eigenvalue weighted by molar-refractivity contribution is 4.75. The molecular weight excluding hydrogens is 176 g/mol. The molecule has 86 valence electrons. The molecule has 0 saturated carbocycles. The van der Waals surface area contributed by atoms with Crippen LogP contribution in [0.5, 0.6) is 0 Å². The monoisotopic (exact) mass is 202 g/mol. The van der Waals surface area contributed by atoms with Crippen LogP contribution in [0.25, 0.3) is 0 Å². The summed E-state index contributed by atoms with van der Waals surface area (Å²) in [6, 6.07) is 0. The average Bonchev–Trinajstić information content (AvgIpc) is 2.11. The number of aliphatic hydroxyl groups excluding tert-OH is 1. The molecule has 0 aliphatic carbocycles. The van der Waals surface area contributed by atoms with E-state index in [0.29, 0.717) is 12.5 Å². The van der Waals surface area contributed by atoms with Crippen molar-refractivity contribution >= 4 is 0 Å². The summed E-state index contributed by atoms with van der Waals surface area (Å²) in [4.78, 5) is 0. The van der Waals surface area contributed by atoms with Crippen molar-refractivity contribution in [1.29, 1.82) is 0 Å². The van der Waals surface area contributed by atoms with E-state index < -0.39 is 0 Å². The van der Waals surface area contributed by atoms with E-state index in [1.807, 2.05) is 0 Å². The number of hydrogen-bond acceptors (Lipinski definition) is 2. The molecule has 0 aromatic carbocycles. The van der Waals surface area contributed by atoms with Crippen LogP contribution in [0.3, 0.4) is 0 Å². The third-order valence-electron chi connectivity index (χ3n) is 2.93. The van der Waals surface area contributed by atoms with Gasteiger partial charge in [0.05, 0.1) is 12.7 Å². The highest BCUT2D eigenvalue weighted by Crippen LogP contribution is 2.24. The highest BCUT2D eigenvalue weighted by Gasteiger charge is 2.25. The van der Waals surface area contributed by atoms with Gasteiger partial charge < -0.3 is 9.84 Å². The lowest BCUT2D eigenvalue weighted by Gasteiger charge is -2.29. The van der Waals surface area contributed by atoms with Crippen LogP contribution in [0.15, 0.2) is 0 Å². The number of rotatable bonds is 7. The molecule has 1 atom stereocenters. The van der Waals surface area contributed by atoms with E-state index in [4.69, 9.17) is 4.74 Å². The summed E-state index contributed by atoms with van der Waals surface area (Å²) >= 11 is 0. The second kappa shape index (κ2) is 6.41. The maximum Gasteiger partial charge on any atom is 0.0824 e. The Morgan fingerprint density at radius 3 is 2.29 bits per heavy atom. The van der Waals surface area contributed by atoms with Gasteiger partial charge in [-0.05, 0) is 24.2 Å². The molecule has 0 aliphatic rings. The van der Waals surface area contributed by atoms with Crippen LogP contribution in [-0.2, 0) is 4.74 Å². The average molecular weight is 202 g/mol. The minimum atomic E-state index is -0.348. The SMILES string of the molecule is CCC(C)(C)C(O)COCCC(C)C. The molecule has 0 bridgehead atoms. The van der Waals surface area contributed by atoms with Crippen LogP contribution in [0.4, 0.5) is 0 Å². The van der Waals surface area contributed by atoms with E-state index in [1.165, 1.54) is 0 Å². The summed E-state index contributed by atoms with van der Waals surface area (Å²) in [5, 5.41) is 9.82. The first-order valence-electron chi connectivity index (χ1n) is 5.66. The Labute approximate surface area is 88.7 Å². The first-order chi connectivity index (χ1) is 6.40. The molecular formula is C12H26O2. The Kier molecular flexibility index (Phi) is 6.38. The summed E-state index contributed by atoms with van der Waals surface area (Å²) in [5.74, 6) is 0.673. The minimum Gasteiger partial charge on any atom is -0.390 e. The van der Waals surface area contributed by atoms with Crippen LogP contribution in [0.2, 0.25) is 0 Å². The summed E-state index contributed by atoms with van der Waals surface area (Å²) in [5.41, 5.74) is -0.0299. The highest BCUT2D eigenvalue weighted by atomic mass is 16.5. The van der Waals surface area contributed by atoms with Crippen LogP contribution >= 0.6 is 0 Å². The molecule has 0 radical (unpaired) electrons. The third-order valence-corrected chi connectivity index (χ3v) is 2.93. The standard InChI is InChI=1S/C12H26O2/c1-6-12(4,5)11(13)9-14-8-7-10(2)3/h10-11,13H,6-9H2,1-5H3. The zero-order chi connectivity index (χ0) is 11.2. The molecule has 0 rings (SSSR count). The molecule has 1 unspecified atom stereocenters. The number of ether oxygens (including phenoxy) is 1. The lowest BCUT2D eigenvalue weighted by molar-refractivity contribution is -0.0308. The zero-order valence-electron chi connectivity index (χ0n) is 10.3. The largest absolute Gasteiger partial charge is 0.390 e. The molecule has 1 N–H and O–H groups in total. The van der Waals surface area contributed by atoms with Crippen molar-refractivity contribution in [2.24, 2.45) is 11.3 Å². The normalized spacial score (nSPS) is 14.8. The summed E-state index contributed by atoms with van der Waals surface area (Å²) in [6.07, 6.45) is 1.70. The molecule has 14 heavy (non-hydrogen) atoms.